The molecular formula is C14H18Cl2N2O3S. The first-order chi connectivity index (χ1) is 10.2. The molecule has 0 unspecified atom stereocenters. The van der Waals surface area contributed by atoms with Crippen molar-refractivity contribution < 1.29 is 13.2 Å². The zero-order valence-corrected chi connectivity index (χ0v) is 14.7. The third-order valence-electron chi connectivity index (χ3n) is 3.76. The number of amides is 1. The van der Waals surface area contributed by atoms with Crippen LogP contribution in [0.1, 0.15) is 12.8 Å². The first kappa shape index (κ1) is 17.5. The van der Waals surface area contributed by atoms with Gasteiger partial charge in [0.05, 0.1) is 10.0 Å². The minimum Gasteiger partial charge on any atom is -0.349 e. The van der Waals surface area contributed by atoms with E-state index < -0.39 is 10.0 Å². The highest BCUT2D eigenvalue weighted by Gasteiger charge is 2.34. The molecule has 1 fully saturated rings. The highest BCUT2D eigenvalue weighted by atomic mass is 35.5. The zero-order chi connectivity index (χ0) is 16.5. The predicted octanol–water partition coefficient (Wildman–Crippen LogP) is 2.48. The van der Waals surface area contributed by atoms with Crippen LogP contribution in [0.5, 0.6) is 0 Å². The van der Waals surface area contributed by atoms with E-state index in [1.54, 1.807) is 25.1 Å². The highest BCUT2D eigenvalue weighted by Crippen LogP contribution is 2.33. The molecule has 2 rings (SSSR count). The minimum atomic E-state index is -3.75. The lowest BCUT2D eigenvalue weighted by molar-refractivity contribution is -0.134. The van der Waals surface area contributed by atoms with E-state index in [2.05, 4.69) is 0 Å². The maximum Gasteiger partial charge on any atom is 0.246 e. The molecular weight excluding hydrogens is 347 g/mol. The number of nitrogens with zero attached hydrogens (tertiary/aromatic N) is 2. The van der Waals surface area contributed by atoms with E-state index in [1.807, 2.05) is 0 Å². The van der Waals surface area contributed by atoms with Gasteiger partial charge >= 0.3 is 0 Å². The van der Waals surface area contributed by atoms with E-state index in [0.29, 0.717) is 12.8 Å². The second-order valence-corrected chi connectivity index (χ2v) is 8.15. The van der Waals surface area contributed by atoms with Crippen molar-refractivity contribution in [1.82, 2.24) is 9.21 Å². The predicted molar refractivity (Wildman–Crippen MR) is 86.6 cm³/mol. The molecule has 0 radical (unpaired) electrons. The largest absolute Gasteiger partial charge is 0.349 e. The molecule has 0 saturated carbocycles. The van der Waals surface area contributed by atoms with Gasteiger partial charge in [0.15, 0.2) is 0 Å². The third-order valence-corrected chi connectivity index (χ3v) is 6.62. The van der Waals surface area contributed by atoms with Crippen LogP contribution >= 0.6 is 23.2 Å². The molecule has 0 aromatic heterocycles. The maximum atomic E-state index is 12.7. The molecule has 1 aromatic carbocycles. The molecule has 0 aliphatic carbocycles. The molecule has 0 spiro atoms. The van der Waals surface area contributed by atoms with Gasteiger partial charge < -0.3 is 4.90 Å². The molecule has 0 atom stereocenters. The number of hydrogen-bond donors (Lipinski definition) is 0. The summed E-state index contributed by atoms with van der Waals surface area (Å²) in [5.74, 6) is -0.101. The summed E-state index contributed by atoms with van der Waals surface area (Å²) >= 11 is 12.0. The Morgan fingerprint density at radius 1 is 1.18 bits per heavy atom. The Hall–Kier alpha value is -0.820. The fraction of sp³-hybridized carbons (Fsp3) is 0.500. The molecule has 0 bridgehead atoms. The van der Waals surface area contributed by atoms with Crippen LogP contribution < -0.4 is 0 Å². The van der Waals surface area contributed by atoms with Crippen LogP contribution in [-0.4, -0.2) is 50.7 Å². The van der Waals surface area contributed by atoms with E-state index >= 15 is 0 Å². The second-order valence-electron chi connectivity index (χ2n) is 5.46. The van der Waals surface area contributed by atoms with Gasteiger partial charge in [-0.2, -0.15) is 4.31 Å². The Morgan fingerprint density at radius 3 is 2.14 bits per heavy atom. The fourth-order valence-corrected chi connectivity index (χ4v) is 5.13. The Morgan fingerprint density at radius 2 is 1.68 bits per heavy atom. The van der Waals surface area contributed by atoms with Crippen LogP contribution in [0.3, 0.4) is 0 Å². The van der Waals surface area contributed by atoms with Gasteiger partial charge in [-0.1, -0.05) is 29.3 Å². The van der Waals surface area contributed by atoms with Gasteiger partial charge in [0.25, 0.3) is 0 Å². The SMILES string of the molecule is CN(C)C(=O)C1CCN(S(=O)(=O)c2c(Cl)cccc2Cl)CC1. The van der Waals surface area contributed by atoms with Crippen molar-refractivity contribution in [2.75, 3.05) is 27.2 Å². The first-order valence-electron chi connectivity index (χ1n) is 6.90. The Bertz CT molecular complexity index is 648. The maximum absolute atomic E-state index is 12.7. The Balaban J connectivity index is 2.19. The second kappa shape index (κ2) is 6.74. The Kier molecular flexibility index (Phi) is 5.37. The molecule has 1 heterocycles. The van der Waals surface area contributed by atoms with Crippen molar-refractivity contribution in [2.24, 2.45) is 5.92 Å². The first-order valence-corrected chi connectivity index (χ1v) is 9.10. The van der Waals surface area contributed by atoms with Crippen molar-refractivity contribution in [3.05, 3.63) is 28.2 Å². The molecule has 22 heavy (non-hydrogen) atoms. The summed E-state index contributed by atoms with van der Waals surface area (Å²) < 4.78 is 26.7. The van der Waals surface area contributed by atoms with E-state index in [4.69, 9.17) is 23.2 Å². The number of benzene rings is 1. The molecule has 1 aromatic rings. The quantitative estimate of drug-likeness (QED) is 0.827. The van der Waals surface area contributed by atoms with Crippen molar-refractivity contribution >= 4 is 39.1 Å². The molecule has 1 aliphatic rings. The van der Waals surface area contributed by atoms with Crippen molar-refractivity contribution in [2.45, 2.75) is 17.7 Å². The van der Waals surface area contributed by atoms with Gasteiger partial charge in [-0.05, 0) is 25.0 Å². The van der Waals surface area contributed by atoms with Gasteiger partial charge in [-0.15, -0.1) is 0 Å². The Labute approximate surface area is 140 Å². The molecule has 1 aliphatic heterocycles. The summed E-state index contributed by atoms with van der Waals surface area (Å²) in [7, 11) is -0.342. The monoisotopic (exact) mass is 364 g/mol. The summed E-state index contributed by atoms with van der Waals surface area (Å²) in [4.78, 5) is 13.4. The highest BCUT2D eigenvalue weighted by molar-refractivity contribution is 7.89. The molecule has 1 amide bonds. The number of sulfonamides is 1. The summed E-state index contributed by atoms with van der Waals surface area (Å²) in [6.45, 7) is 0.572. The summed E-state index contributed by atoms with van der Waals surface area (Å²) in [5, 5.41) is 0.220. The minimum absolute atomic E-state index is 0.0350. The summed E-state index contributed by atoms with van der Waals surface area (Å²) in [5.41, 5.74) is 0. The van der Waals surface area contributed by atoms with Crippen molar-refractivity contribution in [1.29, 1.82) is 0 Å². The fourth-order valence-electron chi connectivity index (χ4n) is 2.57. The average molecular weight is 365 g/mol. The normalized spacial score (nSPS) is 17.5. The third kappa shape index (κ3) is 3.40. The molecule has 122 valence electrons. The van der Waals surface area contributed by atoms with E-state index in [9.17, 15) is 13.2 Å². The number of hydrogen-bond acceptors (Lipinski definition) is 3. The molecule has 1 saturated heterocycles. The van der Waals surface area contributed by atoms with Gasteiger partial charge in [-0.3, -0.25) is 4.79 Å². The van der Waals surface area contributed by atoms with Gasteiger partial charge in [0, 0.05) is 33.1 Å². The lowest BCUT2D eigenvalue weighted by Crippen LogP contribution is -2.42. The van der Waals surface area contributed by atoms with Crippen LogP contribution in [0.15, 0.2) is 23.1 Å². The van der Waals surface area contributed by atoms with Crippen LogP contribution in [-0.2, 0) is 14.8 Å². The average Bonchev–Trinajstić information content (AvgIpc) is 2.46. The van der Waals surface area contributed by atoms with Gasteiger partial charge in [0.1, 0.15) is 4.90 Å². The topological polar surface area (TPSA) is 57.7 Å². The smallest absolute Gasteiger partial charge is 0.246 e. The number of carbonyl (C=O) groups is 1. The van der Waals surface area contributed by atoms with Gasteiger partial charge in [-0.25, -0.2) is 8.42 Å². The number of carbonyl (C=O) groups excluding carboxylic acids is 1. The zero-order valence-electron chi connectivity index (χ0n) is 12.4. The lowest BCUT2D eigenvalue weighted by atomic mass is 9.97. The van der Waals surface area contributed by atoms with E-state index in [1.165, 1.54) is 16.4 Å². The summed E-state index contributed by atoms with van der Waals surface area (Å²) in [6, 6.07) is 4.61. The lowest BCUT2D eigenvalue weighted by Gasteiger charge is -2.32. The number of halogens is 2. The van der Waals surface area contributed by atoms with Gasteiger partial charge in [0.2, 0.25) is 15.9 Å². The van der Waals surface area contributed by atoms with Crippen LogP contribution in [0.25, 0.3) is 0 Å². The number of rotatable bonds is 3. The van der Waals surface area contributed by atoms with Crippen molar-refractivity contribution in [3.8, 4) is 0 Å². The van der Waals surface area contributed by atoms with Crippen molar-refractivity contribution in [3.63, 3.8) is 0 Å². The van der Waals surface area contributed by atoms with Crippen LogP contribution in [0.4, 0.5) is 0 Å². The number of piperidine rings is 1. The van der Waals surface area contributed by atoms with Crippen LogP contribution in [0, 0.1) is 5.92 Å². The van der Waals surface area contributed by atoms with Crippen LogP contribution in [0.2, 0.25) is 10.0 Å². The standard InChI is InChI=1S/C14H18Cl2N2O3S/c1-17(2)14(19)10-6-8-18(9-7-10)22(20,21)13-11(15)4-3-5-12(13)16/h3-5,10H,6-9H2,1-2H3. The van der Waals surface area contributed by atoms with E-state index in [0.717, 1.165) is 0 Å². The molecule has 5 nitrogen and oxygen atoms in total. The molecule has 8 heteroatoms. The van der Waals surface area contributed by atoms with E-state index in [-0.39, 0.29) is 39.9 Å². The summed E-state index contributed by atoms with van der Waals surface area (Å²) in [6.07, 6.45) is 0.997. The molecule has 0 N–H and O–H groups in total.